The first-order valence-electron chi connectivity index (χ1n) is 8.23. The maximum Gasteiger partial charge on any atom is 0.339 e. The van der Waals surface area contributed by atoms with Crippen LogP contribution in [0.3, 0.4) is 0 Å². The van der Waals surface area contributed by atoms with Gasteiger partial charge in [-0.3, -0.25) is 14.4 Å². The van der Waals surface area contributed by atoms with Crippen molar-refractivity contribution in [3.05, 3.63) is 24.3 Å². The van der Waals surface area contributed by atoms with Crippen LogP contribution in [0.5, 0.6) is 5.75 Å². The number of rotatable bonds is 6. The molecule has 9 heteroatoms. The second-order valence-electron chi connectivity index (χ2n) is 5.95. The number of carbonyl (C=O) groups excluding carboxylic acids is 4. The molecular formula is C17H19N3O6. The lowest BCUT2D eigenvalue weighted by Gasteiger charge is -2.16. The molecule has 2 aliphatic heterocycles. The van der Waals surface area contributed by atoms with Gasteiger partial charge in [0.15, 0.2) is 0 Å². The second kappa shape index (κ2) is 7.52. The van der Waals surface area contributed by atoms with Crippen LogP contribution in [0, 0.1) is 0 Å². The topological polar surface area (TPSA) is 105 Å². The smallest absolute Gasteiger partial charge is 0.339 e. The molecule has 3 rings (SSSR count). The van der Waals surface area contributed by atoms with Gasteiger partial charge in [-0.05, 0) is 37.1 Å². The van der Waals surface area contributed by atoms with Gasteiger partial charge in [-0.1, -0.05) is 0 Å². The Bertz CT molecular complexity index is 727. The van der Waals surface area contributed by atoms with Crippen LogP contribution in [0.2, 0.25) is 0 Å². The second-order valence-corrected chi connectivity index (χ2v) is 5.95. The first-order chi connectivity index (χ1) is 12.5. The number of amides is 5. The van der Waals surface area contributed by atoms with Crippen LogP contribution < -0.4 is 15.0 Å². The number of anilines is 1. The molecule has 0 bridgehead atoms. The average molecular weight is 361 g/mol. The van der Waals surface area contributed by atoms with Gasteiger partial charge in [0, 0.05) is 13.2 Å². The molecule has 5 amide bonds. The van der Waals surface area contributed by atoms with Gasteiger partial charge >= 0.3 is 17.8 Å². The standard InChI is InChI=1S/C17H19N3O6/c1-25-12-6-4-11(5-7-12)20-16(23)15(22)19(17(20)24)10-14(21)18-9-13-3-2-8-26-13/h4-7,13H,2-3,8-10H2,1H3,(H,18,21)/t13-/m0/s1. The molecule has 1 atom stereocenters. The van der Waals surface area contributed by atoms with E-state index in [-0.39, 0.29) is 11.8 Å². The zero-order valence-corrected chi connectivity index (χ0v) is 14.3. The fourth-order valence-electron chi connectivity index (χ4n) is 2.84. The van der Waals surface area contributed by atoms with E-state index in [9.17, 15) is 19.2 Å². The van der Waals surface area contributed by atoms with E-state index in [1.165, 1.54) is 19.2 Å². The number of ether oxygens (including phenoxy) is 2. The lowest BCUT2D eigenvalue weighted by molar-refractivity contribution is -0.140. The minimum Gasteiger partial charge on any atom is -0.497 e. The summed E-state index contributed by atoms with van der Waals surface area (Å²) in [6, 6.07) is 5.26. The zero-order chi connectivity index (χ0) is 18.7. The molecular weight excluding hydrogens is 342 g/mol. The molecule has 2 saturated heterocycles. The zero-order valence-electron chi connectivity index (χ0n) is 14.3. The Balaban J connectivity index is 1.64. The highest BCUT2D eigenvalue weighted by atomic mass is 16.5. The lowest BCUT2D eigenvalue weighted by atomic mass is 10.2. The Morgan fingerprint density at radius 1 is 1.23 bits per heavy atom. The van der Waals surface area contributed by atoms with Gasteiger partial charge in [-0.2, -0.15) is 0 Å². The van der Waals surface area contributed by atoms with Crippen LogP contribution in [0.15, 0.2) is 24.3 Å². The summed E-state index contributed by atoms with van der Waals surface area (Å²) in [4.78, 5) is 50.1. The Hall–Kier alpha value is -2.94. The number of hydrogen-bond donors (Lipinski definition) is 1. The van der Waals surface area contributed by atoms with Gasteiger partial charge in [0.2, 0.25) is 5.91 Å². The van der Waals surface area contributed by atoms with Crippen molar-refractivity contribution >= 4 is 29.4 Å². The molecule has 0 unspecified atom stereocenters. The molecule has 1 aromatic rings. The van der Waals surface area contributed by atoms with Crippen molar-refractivity contribution in [2.45, 2.75) is 18.9 Å². The van der Waals surface area contributed by atoms with Crippen LogP contribution in [0.1, 0.15) is 12.8 Å². The molecule has 0 aliphatic carbocycles. The molecule has 2 aliphatic rings. The van der Waals surface area contributed by atoms with Gasteiger partial charge < -0.3 is 14.8 Å². The minimum atomic E-state index is -1.03. The Morgan fingerprint density at radius 3 is 2.58 bits per heavy atom. The first kappa shape index (κ1) is 17.9. The summed E-state index contributed by atoms with van der Waals surface area (Å²) >= 11 is 0. The Kier molecular flexibility index (Phi) is 5.17. The first-order valence-corrected chi connectivity index (χ1v) is 8.23. The van der Waals surface area contributed by atoms with Gasteiger partial charge in [-0.15, -0.1) is 0 Å². The quantitative estimate of drug-likeness (QED) is 0.577. The summed E-state index contributed by atoms with van der Waals surface area (Å²) in [6.45, 7) is 0.461. The third-order valence-electron chi connectivity index (χ3n) is 4.24. The third-order valence-corrected chi connectivity index (χ3v) is 4.24. The molecule has 2 heterocycles. The van der Waals surface area contributed by atoms with E-state index >= 15 is 0 Å². The molecule has 0 saturated carbocycles. The van der Waals surface area contributed by atoms with E-state index in [2.05, 4.69) is 5.32 Å². The highest BCUT2D eigenvalue weighted by Gasteiger charge is 2.46. The van der Waals surface area contributed by atoms with Gasteiger partial charge in [0.05, 0.1) is 18.9 Å². The van der Waals surface area contributed by atoms with Crippen molar-refractivity contribution in [2.24, 2.45) is 0 Å². The Labute approximate surface area is 149 Å². The normalized spacial score (nSPS) is 20.0. The summed E-state index contributed by atoms with van der Waals surface area (Å²) in [5, 5.41) is 2.62. The molecule has 26 heavy (non-hydrogen) atoms. The van der Waals surface area contributed by atoms with Crippen molar-refractivity contribution < 1.29 is 28.7 Å². The highest BCUT2D eigenvalue weighted by molar-refractivity contribution is 6.53. The largest absolute Gasteiger partial charge is 0.497 e. The van der Waals surface area contributed by atoms with E-state index in [0.717, 1.165) is 17.7 Å². The number of benzene rings is 1. The molecule has 1 aromatic carbocycles. The number of methoxy groups -OCH3 is 1. The maximum absolute atomic E-state index is 12.5. The van der Waals surface area contributed by atoms with E-state index in [1.807, 2.05) is 0 Å². The predicted molar refractivity (Wildman–Crippen MR) is 89.6 cm³/mol. The number of urea groups is 1. The van der Waals surface area contributed by atoms with E-state index < -0.39 is 30.3 Å². The van der Waals surface area contributed by atoms with E-state index in [4.69, 9.17) is 9.47 Å². The Morgan fingerprint density at radius 2 is 1.96 bits per heavy atom. The molecule has 9 nitrogen and oxygen atoms in total. The average Bonchev–Trinajstić information content (AvgIpc) is 3.24. The molecule has 0 aromatic heterocycles. The molecule has 1 N–H and O–H groups in total. The highest BCUT2D eigenvalue weighted by Crippen LogP contribution is 2.24. The number of nitrogens with zero attached hydrogens (tertiary/aromatic N) is 2. The molecule has 0 radical (unpaired) electrons. The van der Waals surface area contributed by atoms with Crippen LogP contribution in [0.4, 0.5) is 10.5 Å². The summed E-state index contributed by atoms with van der Waals surface area (Å²) in [5.74, 6) is -2.00. The maximum atomic E-state index is 12.5. The van der Waals surface area contributed by atoms with Crippen LogP contribution in [-0.4, -0.2) is 61.6 Å². The van der Waals surface area contributed by atoms with Crippen molar-refractivity contribution in [3.63, 3.8) is 0 Å². The van der Waals surface area contributed by atoms with Crippen molar-refractivity contribution in [1.29, 1.82) is 0 Å². The van der Waals surface area contributed by atoms with Crippen molar-refractivity contribution in [1.82, 2.24) is 10.2 Å². The van der Waals surface area contributed by atoms with E-state index in [1.54, 1.807) is 12.1 Å². The van der Waals surface area contributed by atoms with Crippen LogP contribution >= 0.6 is 0 Å². The van der Waals surface area contributed by atoms with Gasteiger partial charge in [-0.25, -0.2) is 14.6 Å². The van der Waals surface area contributed by atoms with Gasteiger partial charge in [0.25, 0.3) is 0 Å². The molecule has 0 spiro atoms. The number of hydrogen-bond acceptors (Lipinski definition) is 6. The lowest BCUT2D eigenvalue weighted by Crippen LogP contribution is -2.43. The SMILES string of the molecule is COc1ccc(N2C(=O)C(=O)N(CC(=O)NC[C@@H]3CCCO3)C2=O)cc1. The number of nitrogens with one attached hydrogen (secondary N) is 1. The fourth-order valence-corrected chi connectivity index (χ4v) is 2.84. The monoisotopic (exact) mass is 361 g/mol. The van der Waals surface area contributed by atoms with Crippen molar-refractivity contribution in [2.75, 3.05) is 31.7 Å². The summed E-state index contributed by atoms with van der Waals surface area (Å²) < 4.78 is 10.4. The van der Waals surface area contributed by atoms with Crippen LogP contribution in [0.25, 0.3) is 0 Å². The van der Waals surface area contributed by atoms with E-state index in [0.29, 0.717) is 23.8 Å². The number of carbonyl (C=O) groups is 4. The molecule has 138 valence electrons. The van der Waals surface area contributed by atoms with Crippen LogP contribution in [-0.2, 0) is 19.1 Å². The minimum absolute atomic E-state index is 0.0543. The summed E-state index contributed by atoms with van der Waals surface area (Å²) in [5.41, 5.74) is 0.233. The molecule has 2 fully saturated rings. The fraction of sp³-hybridized carbons (Fsp3) is 0.412. The summed E-state index contributed by atoms with van der Waals surface area (Å²) in [6.07, 6.45) is 1.74. The predicted octanol–water partition coefficient (Wildman–Crippen LogP) is 0.286. The summed E-state index contributed by atoms with van der Waals surface area (Å²) in [7, 11) is 1.49. The third kappa shape index (κ3) is 3.52. The van der Waals surface area contributed by atoms with Gasteiger partial charge in [0.1, 0.15) is 12.3 Å². The number of imide groups is 2. The van der Waals surface area contributed by atoms with Crippen molar-refractivity contribution in [3.8, 4) is 5.75 Å².